The smallest absolute Gasteiger partial charge is 0.408 e. The summed E-state index contributed by atoms with van der Waals surface area (Å²) >= 11 is 0. The number of carbonyl (C=O) groups excluding carboxylic acids is 2. The number of fused-ring (bicyclic) bond motifs is 3. The fourth-order valence-electron chi connectivity index (χ4n) is 4.12. The Bertz CT molecular complexity index is 1840. The normalized spacial score (nSPS) is 13.6. The summed E-state index contributed by atoms with van der Waals surface area (Å²) in [6, 6.07) is 12.1. The summed E-state index contributed by atoms with van der Waals surface area (Å²) in [4.78, 5) is 42.0. The molecule has 0 saturated heterocycles. The Morgan fingerprint density at radius 3 is 2.49 bits per heavy atom. The lowest BCUT2D eigenvalue weighted by Crippen LogP contribution is -2.28. The zero-order valence-electron chi connectivity index (χ0n) is 20.1. The number of amides is 2. The molecule has 3 aromatic heterocycles. The topological polar surface area (TPSA) is 142 Å². The van der Waals surface area contributed by atoms with Crippen molar-refractivity contribution in [2.24, 2.45) is 7.05 Å². The number of ether oxygens (including phenoxy) is 2. The molecule has 14 heteroatoms. The van der Waals surface area contributed by atoms with Gasteiger partial charge in [-0.25, -0.2) is 14.3 Å². The molecule has 0 spiro atoms. The Morgan fingerprint density at radius 2 is 1.67 bits per heavy atom. The molecule has 4 heterocycles. The van der Waals surface area contributed by atoms with Crippen molar-refractivity contribution in [1.82, 2.24) is 29.8 Å². The summed E-state index contributed by atoms with van der Waals surface area (Å²) in [5, 5.41) is 9.52. The van der Waals surface area contributed by atoms with E-state index in [0.717, 1.165) is 5.56 Å². The Morgan fingerprint density at radius 1 is 0.949 bits per heavy atom. The third-order valence-electron chi connectivity index (χ3n) is 6.05. The van der Waals surface area contributed by atoms with Gasteiger partial charge in [-0.1, -0.05) is 12.1 Å². The van der Waals surface area contributed by atoms with Gasteiger partial charge >= 0.3 is 12.1 Å². The van der Waals surface area contributed by atoms with Gasteiger partial charge in [0.25, 0.3) is 11.8 Å². The number of nitrogens with one attached hydrogen (secondary N) is 2. The van der Waals surface area contributed by atoms with Crippen LogP contribution in [0.25, 0.3) is 16.7 Å². The molecule has 1 aliphatic heterocycles. The average Bonchev–Trinajstić information content (AvgIpc) is 3.59. The summed E-state index contributed by atoms with van der Waals surface area (Å²) in [7, 11) is 1.58. The first-order chi connectivity index (χ1) is 18.7. The highest BCUT2D eigenvalue weighted by molar-refractivity contribution is 5.98. The van der Waals surface area contributed by atoms with E-state index < -0.39 is 23.9 Å². The minimum absolute atomic E-state index is 0.0183. The van der Waals surface area contributed by atoms with E-state index >= 15 is 0 Å². The molecular weight excluding hydrogens is 518 g/mol. The van der Waals surface area contributed by atoms with E-state index in [9.17, 15) is 23.2 Å². The molecule has 5 aromatic rings. The number of carbonyl (C=O) groups is 2. The van der Waals surface area contributed by atoms with Gasteiger partial charge in [-0.05, 0) is 35.4 Å². The van der Waals surface area contributed by atoms with Crippen LogP contribution in [0.3, 0.4) is 0 Å². The molecule has 2 N–H and O–H groups in total. The predicted molar refractivity (Wildman–Crippen MR) is 129 cm³/mol. The molecule has 6 rings (SSSR count). The van der Waals surface area contributed by atoms with Crippen molar-refractivity contribution < 1.29 is 32.3 Å². The SMILES string of the molecule is Cn1c(=O)oc2ccc(CNC(=O)c3cc(C(=O)NCc4ccc5c(c4)OC(F)(F)O5)n4nccc4n3)cc21. The Hall–Kier alpha value is -5.27. The standard InChI is InChI=1S/C25H18F2N6O6/c1-32-16-8-13(2-4-18(16)37-24(32)36)11-28-22(34)15-10-17(33-21(31-15)6-7-30-33)23(35)29-12-14-3-5-19-20(9-14)39-25(26,27)38-19/h2-10H,11-12H2,1H3,(H,28,34)(H,29,35). The molecule has 2 aromatic carbocycles. The summed E-state index contributed by atoms with van der Waals surface area (Å²) in [6.45, 7) is 0.109. The van der Waals surface area contributed by atoms with E-state index in [1.54, 1.807) is 31.3 Å². The number of hydrogen-bond donors (Lipinski definition) is 2. The number of nitrogens with zero attached hydrogens (tertiary/aromatic N) is 4. The van der Waals surface area contributed by atoms with Crippen molar-refractivity contribution in [2.45, 2.75) is 19.4 Å². The quantitative estimate of drug-likeness (QED) is 0.337. The van der Waals surface area contributed by atoms with E-state index in [2.05, 4.69) is 30.2 Å². The lowest BCUT2D eigenvalue weighted by Gasteiger charge is -2.10. The molecule has 2 amide bonds. The van der Waals surface area contributed by atoms with Crippen LogP contribution in [0, 0.1) is 0 Å². The minimum atomic E-state index is -3.74. The summed E-state index contributed by atoms with van der Waals surface area (Å²) < 4.78 is 43.1. The van der Waals surface area contributed by atoms with Gasteiger partial charge in [0.2, 0.25) is 0 Å². The zero-order valence-corrected chi connectivity index (χ0v) is 20.1. The maximum Gasteiger partial charge on any atom is 0.586 e. The van der Waals surface area contributed by atoms with E-state index in [-0.39, 0.29) is 41.6 Å². The second kappa shape index (κ2) is 8.93. The van der Waals surface area contributed by atoms with E-state index in [0.29, 0.717) is 16.7 Å². The van der Waals surface area contributed by atoms with Gasteiger partial charge < -0.3 is 24.5 Å². The molecule has 0 saturated carbocycles. The van der Waals surface area contributed by atoms with Gasteiger partial charge in [0.05, 0.1) is 11.7 Å². The molecule has 0 fully saturated rings. The first-order valence-corrected chi connectivity index (χ1v) is 11.6. The number of benzene rings is 2. The third kappa shape index (κ3) is 4.52. The van der Waals surface area contributed by atoms with Crippen LogP contribution in [0.1, 0.15) is 32.1 Å². The number of aromatic nitrogens is 4. The van der Waals surface area contributed by atoms with Crippen LogP contribution in [0.4, 0.5) is 8.78 Å². The molecule has 0 unspecified atom stereocenters. The molecule has 0 bridgehead atoms. The lowest BCUT2D eigenvalue weighted by molar-refractivity contribution is -0.286. The predicted octanol–water partition coefficient (Wildman–Crippen LogP) is 2.36. The number of aryl methyl sites for hydroxylation is 1. The highest BCUT2D eigenvalue weighted by Crippen LogP contribution is 2.41. The number of hydrogen-bond acceptors (Lipinski definition) is 8. The monoisotopic (exact) mass is 536 g/mol. The highest BCUT2D eigenvalue weighted by Gasteiger charge is 2.43. The molecule has 39 heavy (non-hydrogen) atoms. The van der Waals surface area contributed by atoms with Crippen molar-refractivity contribution in [3.05, 3.63) is 87.8 Å². The number of oxazole rings is 1. The van der Waals surface area contributed by atoms with E-state index in [1.165, 1.54) is 39.5 Å². The average molecular weight is 536 g/mol. The molecule has 0 radical (unpaired) electrons. The third-order valence-corrected chi connectivity index (χ3v) is 6.05. The second-order valence-electron chi connectivity index (χ2n) is 8.67. The van der Waals surface area contributed by atoms with Gasteiger partial charge in [-0.2, -0.15) is 5.10 Å². The Balaban J connectivity index is 1.18. The summed E-state index contributed by atoms with van der Waals surface area (Å²) in [6.07, 6.45) is -2.31. The van der Waals surface area contributed by atoms with Crippen molar-refractivity contribution in [2.75, 3.05) is 0 Å². The number of alkyl halides is 2. The van der Waals surface area contributed by atoms with Crippen molar-refractivity contribution in [3.63, 3.8) is 0 Å². The van der Waals surface area contributed by atoms with Gasteiger partial charge in [0.15, 0.2) is 22.7 Å². The minimum Gasteiger partial charge on any atom is -0.408 e. The largest absolute Gasteiger partial charge is 0.586 e. The van der Waals surface area contributed by atoms with Gasteiger partial charge in [0, 0.05) is 32.3 Å². The summed E-state index contributed by atoms with van der Waals surface area (Å²) in [5.74, 6) is -1.85. The highest BCUT2D eigenvalue weighted by atomic mass is 19.3. The van der Waals surface area contributed by atoms with Crippen molar-refractivity contribution in [1.29, 1.82) is 0 Å². The van der Waals surface area contributed by atoms with Crippen LogP contribution < -0.4 is 25.9 Å². The van der Waals surface area contributed by atoms with Crippen molar-refractivity contribution >= 4 is 28.6 Å². The molecular formula is C25H18F2N6O6. The molecule has 0 aliphatic carbocycles. The van der Waals surface area contributed by atoms with Gasteiger partial charge in [-0.3, -0.25) is 14.2 Å². The van der Waals surface area contributed by atoms with Crippen LogP contribution in [0.5, 0.6) is 11.5 Å². The first kappa shape index (κ1) is 24.1. The maximum absolute atomic E-state index is 13.3. The molecule has 198 valence electrons. The van der Waals surface area contributed by atoms with Gasteiger partial charge in [0.1, 0.15) is 11.4 Å². The van der Waals surface area contributed by atoms with Crippen LogP contribution in [0.2, 0.25) is 0 Å². The van der Waals surface area contributed by atoms with Crippen molar-refractivity contribution in [3.8, 4) is 11.5 Å². The second-order valence-corrected chi connectivity index (χ2v) is 8.67. The van der Waals surface area contributed by atoms with Gasteiger partial charge in [-0.15, -0.1) is 8.78 Å². The van der Waals surface area contributed by atoms with Crippen LogP contribution >= 0.6 is 0 Å². The Kier molecular flexibility index (Phi) is 5.52. The maximum atomic E-state index is 13.3. The molecule has 0 atom stereocenters. The van der Waals surface area contributed by atoms with Crippen LogP contribution in [-0.4, -0.2) is 37.3 Å². The molecule has 12 nitrogen and oxygen atoms in total. The van der Waals surface area contributed by atoms with E-state index in [4.69, 9.17) is 4.42 Å². The Labute approximate surface area is 216 Å². The van der Waals surface area contributed by atoms with Crippen LogP contribution in [-0.2, 0) is 20.1 Å². The first-order valence-electron chi connectivity index (χ1n) is 11.6. The van der Waals surface area contributed by atoms with E-state index in [1.807, 2.05) is 0 Å². The lowest BCUT2D eigenvalue weighted by atomic mass is 10.2. The zero-order chi connectivity index (χ0) is 27.3. The number of rotatable bonds is 6. The summed E-state index contributed by atoms with van der Waals surface area (Å²) in [5.41, 5.74) is 2.51. The fourth-order valence-corrected chi connectivity index (χ4v) is 4.12. The fraction of sp³-hybridized carbons (Fsp3) is 0.160. The molecule has 1 aliphatic rings. The number of halogens is 2. The van der Waals surface area contributed by atoms with Crippen LogP contribution in [0.15, 0.2) is 63.9 Å².